The molecule has 2 rings (SSSR count). The molecule has 0 aromatic heterocycles. The molecule has 0 radical (unpaired) electrons. The molecule has 7 heteroatoms. The topological polar surface area (TPSA) is 81.3 Å². The van der Waals surface area contributed by atoms with Crippen LogP contribution in [-0.4, -0.2) is 18.0 Å². The van der Waals surface area contributed by atoms with Gasteiger partial charge in [-0.1, -0.05) is 83.3 Å². The number of unbranched alkanes of at least 4 members (excludes halogenated alkanes) is 10. The molecule has 27 heavy (non-hydrogen) atoms. The Morgan fingerprint density at radius 1 is 0.815 bits per heavy atom. The molecule has 1 heterocycles. The van der Waals surface area contributed by atoms with Crippen molar-refractivity contribution in [3.8, 4) is 0 Å². The number of anilines is 2. The Kier molecular flexibility index (Phi) is 11.3. The van der Waals surface area contributed by atoms with Crippen LogP contribution in [0.25, 0.3) is 0 Å². The Hall–Kier alpha value is -0.270. The first-order valence-electron chi connectivity index (χ1n) is 10.1. The van der Waals surface area contributed by atoms with E-state index in [4.69, 9.17) is 0 Å². The maximum atomic E-state index is 11.9. The molecule has 0 aliphatic carbocycles. The van der Waals surface area contributed by atoms with Gasteiger partial charge in [-0.25, -0.2) is 8.42 Å². The van der Waals surface area contributed by atoms with Crippen LogP contribution in [0, 0.1) is 0 Å². The quantitative estimate of drug-likeness (QED) is 0.300. The van der Waals surface area contributed by atoms with Gasteiger partial charge in [0.2, 0.25) is 4.99 Å². The summed E-state index contributed by atoms with van der Waals surface area (Å²) in [7, 11) is -4.52. The number of benzene rings is 1. The first-order chi connectivity index (χ1) is 12.5. The third-order valence-corrected chi connectivity index (χ3v) is 6.42. The average Bonchev–Trinajstić information content (AvgIpc) is 2.99. The van der Waals surface area contributed by atoms with Gasteiger partial charge in [0, 0.05) is 6.42 Å². The normalized spacial score (nSPS) is 14.7. The SMILES string of the molecule is CCCCCCCCCCCCCC1(S(=O)(=O)[O-])Nc2ccccc2N1.[Na+]. The molecular formula is C20H33N2NaO3S. The van der Waals surface area contributed by atoms with Crippen molar-refractivity contribution in [2.75, 3.05) is 10.6 Å². The van der Waals surface area contributed by atoms with E-state index in [2.05, 4.69) is 17.6 Å². The monoisotopic (exact) mass is 404 g/mol. The largest absolute Gasteiger partial charge is 1.00 e. The van der Waals surface area contributed by atoms with Crippen molar-refractivity contribution in [1.29, 1.82) is 0 Å². The smallest absolute Gasteiger partial charge is 0.745 e. The predicted octanol–water partition coefficient (Wildman–Crippen LogP) is 2.43. The van der Waals surface area contributed by atoms with Gasteiger partial charge in [-0.3, -0.25) is 0 Å². The van der Waals surface area contributed by atoms with Gasteiger partial charge in [0.1, 0.15) is 10.1 Å². The zero-order chi connectivity index (χ0) is 18.9. The van der Waals surface area contributed by atoms with Gasteiger partial charge < -0.3 is 15.2 Å². The van der Waals surface area contributed by atoms with E-state index in [-0.39, 0.29) is 36.0 Å². The summed E-state index contributed by atoms with van der Waals surface area (Å²) in [5, 5.41) is 5.82. The molecule has 0 atom stereocenters. The first kappa shape index (κ1) is 24.8. The molecule has 0 saturated heterocycles. The fourth-order valence-corrected chi connectivity index (χ4v) is 4.44. The standard InChI is InChI=1S/C20H34N2O3S.Na/c1-2-3-4-5-6-7-8-9-10-11-14-17-20(26(23,24)25)21-18-15-12-13-16-19(18)22-20;/h12-13,15-16,21-22H,2-11,14,17H2,1H3,(H,23,24,25);/q;+1/p-1. The minimum absolute atomic E-state index is 0. The average molecular weight is 405 g/mol. The number of rotatable bonds is 13. The fraction of sp³-hybridized carbons (Fsp3) is 0.700. The van der Waals surface area contributed by atoms with Crippen LogP contribution in [0.1, 0.15) is 84.0 Å². The van der Waals surface area contributed by atoms with Crippen LogP contribution >= 0.6 is 0 Å². The molecular weight excluding hydrogens is 371 g/mol. The van der Waals surface area contributed by atoms with Crippen LogP contribution in [-0.2, 0) is 10.1 Å². The molecule has 1 aromatic rings. The van der Waals surface area contributed by atoms with E-state index >= 15 is 0 Å². The number of para-hydroxylation sites is 2. The maximum absolute atomic E-state index is 11.9. The molecule has 0 fully saturated rings. The Morgan fingerprint density at radius 3 is 1.63 bits per heavy atom. The number of hydrogen-bond acceptors (Lipinski definition) is 5. The van der Waals surface area contributed by atoms with E-state index < -0.39 is 15.1 Å². The molecule has 0 spiro atoms. The summed E-state index contributed by atoms with van der Waals surface area (Å²) in [6.45, 7) is 2.23. The van der Waals surface area contributed by atoms with Gasteiger partial charge in [-0.15, -0.1) is 0 Å². The van der Waals surface area contributed by atoms with E-state index in [9.17, 15) is 13.0 Å². The van der Waals surface area contributed by atoms with Gasteiger partial charge in [-0.05, 0) is 18.6 Å². The van der Waals surface area contributed by atoms with Gasteiger partial charge in [-0.2, -0.15) is 0 Å². The third-order valence-electron chi connectivity index (χ3n) is 5.16. The molecule has 1 aromatic carbocycles. The Bertz CT molecular complexity index is 627. The van der Waals surface area contributed by atoms with Crippen molar-refractivity contribution in [3.05, 3.63) is 24.3 Å². The van der Waals surface area contributed by atoms with Gasteiger partial charge >= 0.3 is 29.6 Å². The van der Waals surface area contributed by atoms with Gasteiger partial charge in [0.05, 0.1) is 11.4 Å². The van der Waals surface area contributed by atoms with Gasteiger partial charge in [0.15, 0.2) is 0 Å². The third kappa shape index (κ3) is 7.58. The van der Waals surface area contributed by atoms with Crippen LogP contribution < -0.4 is 40.2 Å². The molecule has 0 amide bonds. The predicted molar refractivity (Wildman–Crippen MR) is 107 cm³/mol. The molecule has 5 nitrogen and oxygen atoms in total. The summed E-state index contributed by atoms with van der Waals surface area (Å²) in [6, 6.07) is 7.22. The first-order valence-corrected chi connectivity index (χ1v) is 11.5. The summed E-state index contributed by atoms with van der Waals surface area (Å²) in [5.41, 5.74) is 1.35. The minimum Gasteiger partial charge on any atom is -0.745 e. The molecule has 2 N–H and O–H groups in total. The Balaban J connectivity index is 0.00000364. The Labute approximate surface area is 187 Å². The zero-order valence-corrected chi connectivity index (χ0v) is 19.7. The van der Waals surface area contributed by atoms with Crippen LogP contribution in [0.2, 0.25) is 0 Å². The molecule has 1 aliphatic heterocycles. The summed E-state index contributed by atoms with van der Waals surface area (Å²) in [6.07, 6.45) is 13.4. The molecule has 1 aliphatic rings. The van der Waals surface area contributed by atoms with Crippen molar-refractivity contribution in [2.24, 2.45) is 0 Å². The van der Waals surface area contributed by atoms with E-state index in [0.29, 0.717) is 17.8 Å². The summed E-state index contributed by atoms with van der Waals surface area (Å²) < 4.78 is 35.6. The molecule has 148 valence electrons. The van der Waals surface area contributed by atoms with Crippen molar-refractivity contribution < 1.29 is 42.5 Å². The van der Waals surface area contributed by atoms with Crippen molar-refractivity contribution in [1.82, 2.24) is 0 Å². The van der Waals surface area contributed by atoms with E-state index in [0.717, 1.165) is 12.8 Å². The van der Waals surface area contributed by atoms with Crippen LogP contribution in [0.4, 0.5) is 11.4 Å². The van der Waals surface area contributed by atoms with E-state index in [1.807, 2.05) is 12.1 Å². The van der Waals surface area contributed by atoms with E-state index in [1.165, 1.54) is 51.4 Å². The Morgan fingerprint density at radius 2 is 1.22 bits per heavy atom. The second kappa shape index (κ2) is 12.3. The van der Waals surface area contributed by atoms with Crippen LogP contribution in [0.15, 0.2) is 24.3 Å². The second-order valence-corrected chi connectivity index (χ2v) is 8.97. The summed E-state index contributed by atoms with van der Waals surface area (Å²) in [4.78, 5) is -1.60. The zero-order valence-electron chi connectivity index (χ0n) is 16.9. The van der Waals surface area contributed by atoms with Crippen molar-refractivity contribution >= 4 is 21.5 Å². The maximum Gasteiger partial charge on any atom is 1.00 e. The molecule has 0 unspecified atom stereocenters. The number of nitrogens with one attached hydrogen (secondary N) is 2. The number of hydrogen-bond donors (Lipinski definition) is 2. The molecule has 0 bridgehead atoms. The van der Waals surface area contributed by atoms with Crippen molar-refractivity contribution in [3.63, 3.8) is 0 Å². The molecule has 0 saturated carbocycles. The number of fused-ring (bicyclic) bond motifs is 1. The van der Waals surface area contributed by atoms with Crippen LogP contribution in [0.5, 0.6) is 0 Å². The fourth-order valence-electron chi connectivity index (χ4n) is 3.58. The second-order valence-electron chi connectivity index (χ2n) is 7.36. The van der Waals surface area contributed by atoms with Crippen molar-refractivity contribution in [2.45, 2.75) is 89.0 Å². The summed E-state index contributed by atoms with van der Waals surface area (Å²) in [5.74, 6) is 0. The summed E-state index contributed by atoms with van der Waals surface area (Å²) >= 11 is 0. The van der Waals surface area contributed by atoms with E-state index in [1.54, 1.807) is 12.1 Å². The van der Waals surface area contributed by atoms with Crippen LogP contribution in [0.3, 0.4) is 0 Å². The van der Waals surface area contributed by atoms with Gasteiger partial charge in [0.25, 0.3) is 0 Å². The minimum atomic E-state index is -4.52.